The Kier molecular flexibility index (Phi) is 5.00. The number of amides is 1. The van der Waals surface area contributed by atoms with Gasteiger partial charge in [-0.05, 0) is 17.7 Å². The van der Waals surface area contributed by atoms with Crippen LogP contribution in [0.15, 0.2) is 42.5 Å². The first-order valence-corrected chi connectivity index (χ1v) is 6.61. The number of carboxylic acid groups (broad SMARTS) is 1. The normalized spacial score (nSPS) is 11.8. The largest absolute Gasteiger partial charge is 0.480 e. The van der Waals surface area contributed by atoms with Gasteiger partial charge in [-0.25, -0.2) is 18.0 Å². The maximum atomic E-state index is 13.6. The zero-order chi connectivity index (χ0) is 17.0. The summed E-state index contributed by atoms with van der Waals surface area (Å²) in [6.45, 7) is 0. The third-order valence-electron chi connectivity index (χ3n) is 3.17. The number of benzene rings is 2. The molecular weight excluding hydrogens is 311 g/mol. The van der Waals surface area contributed by atoms with Crippen LogP contribution in [0.5, 0.6) is 0 Å². The molecule has 0 bridgehead atoms. The Morgan fingerprint density at radius 1 is 1.00 bits per heavy atom. The van der Waals surface area contributed by atoms with Crippen LogP contribution in [0.4, 0.5) is 13.2 Å². The summed E-state index contributed by atoms with van der Waals surface area (Å²) in [5.41, 5.74) is -0.117. The molecule has 23 heavy (non-hydrogen) atoms. The number of hydrogen-bond donors (Lipinski definition) is 2. The number of aliphatic carboxylic acids is 1. The maximum absolute atomic E-state index is 13.6. The molecule has 4 nitrogen and oxygen atoms in total. The van der Waals surface area contributed by atoms with E-state index in [-0.39, 0.29) is 6.42 Å². The van der Waals surface area contributed by atoms with Crippen molar-refractivity contribution >= 4 is 11.9 Å². The van der Waals surface area contributed by atoms with Gasteiger partial charge in [-0.1, -0.05) is 30.3 Å². The van der Waals surface area contributed by atoms with Gasteiger partial charge < -0.3 is 10.4 Å². The Hall–Kier alpha value is -2.83. The Morgan fingerprint density at radius 2 is 1.65 bits per heavy atom. The van der Waals surface area contributed by atoms with E-state index < -0.39 is 40.9 Å². The lowest BCUT2D eigenvalue weighted by Crippen LogP contribution is -2.42. The van der Waals surface area contributed by atoms with Crippen molar-refractivity contribution in [1.82, 2.24) is 5.32 Å². The van der Waals surface area contributed by atoms with Gasteiger partial charge in [0, 0.05) is 6.42 Å². The lowest BCUT2D eigenvalue weighted by Gasteiger charge is -2.15. The monoisotopic (exact) mass is 323 g/mol. The van der Waals surface area contributed by atoms with Gasteiger partial charge in [-0.3, -0.25) is 4.79 Å². The fourth-order valence-electron chi connectivity index (χ4n) is 1.99. The number of carboxylic acids is 1. The quantitative estimate of drug-likeness (QED) is 0.831. The van der Waals surface area contributed by atoms with Gasteiger partial charge in [0.1, 0.15) is 6.04 Å². The number of nitrogens with one attached hydrogen (secondary N) is 1. The third kappa shape index (κ3) is 3.88. The van der Waals surface area contributed by atoms with Crippen LogP contribution in [0, 0.1) is 17.5 Å². The Morgan fingerprint density at radius 3 is 2.26 bits per heavy atom. The van der Waals surface area contributed by atoms with Crippen LogP contribution < -0.4 is 5.32 Å². The number of carbonyl (C=O) groups is 2. The zero-order valence-electron chi connectivity index (χ0n) is 11.7. The van der Waals surface area contributed by atoms with E-state index in [0.717, 1.165) is 6.07 Å². The van der Waals surface area contributed by atoms with Crippen LogP contribution in [-0.2, 0) is 11.2 Å². The molecular formula is C16H12F3NO3. The number of halogens is 3. The van der Waals surface area contributed by atoms with Gasteiger partial charge in [0.05, 0.1) is 5.56 Å². The van der Waals surface area contributed by atoms with Gasteiger partial charge in [-0.2, -0.15) is 0 Å². The summed E-state index contributed by atoms with van der Waals surface area (Å²) in [4.78, 5) is 23.2. The molecule has 2 N–H and O–H groups in total. The first kappa shape index (κ1) is 16.5. The molecule has 0 saturated carbocycles. The summed E-state index contributed by atoms with van der Waals surface area (Å²) in [5.74, 6) is -7.34. The molecule has 0 aliphatic heterocycles. The highest BCUT2D eigenvalue weighted by molar-refractivity contribution is 5.96. The molecule has 0 saturated heterocycles. The van der Waals surface area contributed by atoms with E-state index in [9.17, 15) is 22.8 Å². The lowest BCUT2D eigenvalue weighted by atomic mass is 10.1. The molecule has 2 aromatic carbocycles. The summed E-state index contributed by atoms with van der Waals surface area (Å²) in [7, 11) is 0. The van der Waals surface area contributed by atoms with Crippen molar-refractivity contribution in [2.45, 2.75) is 12.5 Å². The second-order valence-corrected chi connectivity index (χ2v) is 4.78. The fourth-order valence-corrected chi connectivity index (χ4v) is 1.99. The van der Waals surface area contributed by atoms with Crippen molar-refractivity contribution in [3.05, 3.63) is 71.0 Å². The highest BCUT2D eigenvalue weighted by Crippen LogP contribution is 2.15. The Bertz CT molecular complexity index is 735. The molecule has 1 unspecified atom stereocenters. The molecule has 0 spiro atoms. The predicted octanol–water partition coefficient (Wildman–Crippen LogP) is 2.53. The minimum Gasteiger partial charge on any atom is -0.480 e. The van der Waals surface area contributed by atoms with Gasteiger partial charge in [-0.15, -0.1) is 0 Å². The van der Waals surface area contributed by atoms with E-state index >= 15 is 0 Å². The first-order valence-electron chi connectivity index (χ1n) is 6.61. The summed E-state index contributed by atoms with van der Waals surface area (Å²) in [6, 6.07) is 8.49. The SMILES string of the molecule is O=C(NC(Cc1ccccc1)C(=O)O)c1ccc(F)c(F)c1F. The summed E-state index contributed by atoms with van der Waals surface area (Å²) in [6.07, 6.45) is -0.0345. The summed E-state index contributed by atoms with van der Waals surface area (Å²) < 4.78 is 39.6. The third-order valence-corrected chi connectivity index (χ3v) is 3.17. The van der Waals surface area contributed by atoms with Crippen molar-refractivity contribution in [3.63, 3.8) is 0 Å². The molecule has 120 valence electrons. The van der Waals surface area contributed by atoms with Gasteiger partial charge in [0.2, 0.25) is 0 Å². The van der Waals surface area contributed by atoms with Crippen LogP contribution in [0.2, 0.25) is 0 Å². The predicted molar refractivity (Wildman–Crippen MR) is 75.4 cm³/mol. The van der Waals surface area contributed by atoms with Crippen molar-refractivity contribution in [2.24, 2.45) is 0 Å². The summed E-state index contributed by atoms with van der Waals surface area (Å²) >= 11 is 0. The zero-order valence-corrected chi connectivity index (χ0v) is 11.7. The van der Waals surface area contributed by atoms with E-state index in [1.54, 1.807) is 30.3 Å². The summed E-state index contributed by atoms with van der Waals surface area (Å²) in [5, 5.41) is 11.3. The second kappa shape index (κ2) is 6.95. The topological polar surface area (TPSA) is 66.4 Å². The average Bonchev–Trinajstić information content (AvgIpc) is 2.53. The number of carbonyl (C=O) groups excluding carboxylic acids is 1. The first-order chi connectivity index (χ1) is 10.9. The van der Waals surface area contributed by atoms with Gasteiger partial charge in [0.25, 0.3) is 5.91 Å². The molecule has 1 atom stereocenters. The molecule has 2 rings (SSSR count). The highest BCUT2D eigenvalue weighted by atomic mass is 19.2. The maximum Gasteiger partial charge on any atom is 0.326 e. The van der Waals surface area contributed by atoms with Crippen LogP contribution in [0.25, 0.3) is 0 Å². The molecule has 2 aromatic rings. The van der Waals surface area contributed by atoms with Crippen molar-refractivity contribution < 1.29 is 27.9 Å². The van der Waals surface area contributed by atoms with Gasteiger partial charge >= 0.3 is 5.97 Å². The van der Waals surface area contributed by atoms with E-state index in [1.807, 2.05) is 0 Å². The van der Waals surface area contributed by atoms with Crippen LogP contribution in [0.3, 0.4) is 0 Å². The second-order valence-electron chi connectivity index (χ2n) is 4.78. The smallest absolute Gasteiger partial charge is 0.326 e. The van der Waals surface area contributed by atoms with Gasteiger partial charge in [0.15, 0.2) is 17.5 Å². The molecule has 0 aromatic heterocycles. The van der Waals surface area contributed by atoms with E-state index in [0.29, 0.717) is 11.6 Å². The molecule has 0 aliphatic carbocycles. The van der Waals surface area contributed by atoms with Crippen LogP contribution >= 0.6 is 0 Å². The van der Waals surface area contributed by atoms with E-state index in [2.05, 4.69) is 5.32 Å². The van der Waals surface area contributed by atoms with E-state index in [4.69, 9.17) is 5.11 Å². The van der Waals surface area contributed by atoms with Crippen molar-refractivity contribution in [1.29, 1.82) is 0 Å². The number of rotatable bonds is 5. The molecule has 0 aliphatic rings. The fraction of sp³-hybridized carbons (Fsp3) is 0.125. The molecule has 0 heterocycles. The Balaban J connectivity index is 2.19. The molecule has 1 amide bonds. The lowest BCUT2D eigenvalue weighted by molar-refractivity contribution is -0.139. The van der Waals surface area contributed by atoms with Crippen LogP contribution in [-0.4, -0.2) is 23.0 Å². The Labute approximate surface area is 129 Å². The number of hydrogen-bond acceptors (Lipinski definition) is 2. The van der Waals surface area contributed by atoms with Crippen LogP contribution in [0.1, 0.15) is 15.9 Å². The highest BCUT2D eigenvalue weighted by Gasteiger charge is 2.24. The van der Waals surface area contributed by atoms with Crippen molar-refractivity contribution in [2.75, 3.05) is 0 Å². The average molecular weight is 323 g/mol. The minimum atomic E-state index is -1.78. The minimum absolute atomic E-state index is 0.0345. The van der Waals surface area contributed by atoms with E-state index in [1.165, 1.54) is 0 Å². The molecule has 7 heteroatoms. The standard InChI is InChI=1S/C16H12F3NO3/c17-11-7-6-10(13(18)14(11)19)15(21)20-12(16(22)23)8-9-4-2-1-3-5-9/h1-7,12H,8H2,(H,20,21)(H,22,23). The molecule has 0 fully saturated rings. The molecule has 0 radical (unpaired) electrons. The van der Waals surface area contributed by atoms with Crippen molar-refractivity contribution in [3.8, 4) is 0 Å².